The summed E-state index contributed by atoms with van der Waals surface area (Å²) >= 11 is 0. The monoisotopic (exact) mass is 364 g/mol. The minimum Gasteiger partial charge on any atom is -0.493 e. The zero-order valence-corrected chi connectivity index (χ0v) is 16.5. The molecule has 2 rings (SSSR count). The Labute approximate surface area is 156 Å². The Morgan fingerprint density at radius 3 is 2.88 bits per heavy atom. The number of nitrogens with zero attached hydrogens (tertiary/aromatic N) is 2. The summed E-state index contributed by atoms with van der Waals surface area (Å²) in [4.78, 5) is 6.78. The van der Waals surface area contributed by atoms with Crippen LogP contribution in [0.5, 0.6) is 11.5 Å². The van der Waals surface area contributed by atoms with Crippen LogP contribution in [0, 0.1) is 0 Å². The number of anilines is 1. The van der Waals surface area contributed by atoms with Crippen molar-refractivity contribution in [1.29, 1.82) is 0 Å². The van der Waals surface area contributed by atoms with Gasteiger partial charge in [-0.25, -0.2) is 0 Å². The van der Waals surface area contributed by atoms with Crippen molar-refractivity contribution >= 4 is 11.6 Å². The number of benzene rings is 1. The maximum Gasteiger partial charge on any atom is 0.195 e. The molecule has 0 aromatic heterocycles. The fourth-order valence-electron chi connectivity index (χ4n) is 3.10. The second-order valence-electron chi connectivity index (χ2n) is 6.39. The molecule has 7 nitrogen and oxygen atoms in total. The van der Waals surface area contributed by atoms with Gasteiger partial charge in [-0.15, -0.1) is 0 Å². The number of nitrogens with one attached hydrogen (secondary N) is 2. The molecule has 1 heterocycles. The van der Waals surface area contributed by atoms with Gasteiger partial charge in [0.1, 0.15) is 0 Å². The van der Waals surface area contributed by atoms with E-state index >= 15 is 0 Å². The summed E-state index contributed by atoms with van der Waals surface area (Å²) in [5.74, 6) is 2.16. The minimum atomic E-state index is 0.391. The molecule has 0 aliphatic carbocycles. The Hall–Kier alpha value is -1.99. The predicted molar refractivity (Wildman–Crippen MR) is 106 cm³/mol. The maximum atomic E-state index is 5.63. The second kappa shape index (κ2) is 10.2. The summed E-state index contributed by atoms with van der Waals surface area (Å²) in [5, 5.41) is 6.71. The Kier molecular flexibility index (Phi) is 8.00. The highest BCUT2D eigenvalue weighted by molar-refractivity contribution is 5.93. The molecular weight excluding hydrogens is 332 g/mol. The molecule has 0 spiro atoms. The Morgan fingerprint density at radius 1 is 1.42 bits per heavy atom. The van der Waals surface area contributed by atoms with Crippen LogP contribution >= 0.6 is 0 Å². The van der Waals surface area contributed by atoms with Gasteiger partial charge in [0.2, 0.25) is 0 Å². The van der Waals surface area contributed by atoms with E-state index in [2.05, 4.69) is 34.4 Å². The zero-order valence-electron chi connectivity index (χ0n) is 16.5. The molecule has 1 aliphatic heterocycles. The largest absolute Gasteiger partial charge is 0.493 e. The third-order valence-corrected chi connectivity index (χ3v) is 4.50. The van der Waals surface area contributed by atoms with Gasteiger partial charge in [0.15, 0.2) is 17.5 Å². The second-order valence-corrected chi connectivity index (χ2v) is 6.39. The Balaban J connectivity index is 1.94. The molecule has 2 N–H and O–H groups in total. The third-order valence-electron chi connectivity index (χ3n) is 4.50. The van der Waals surface area contributed by atoms with Crippen molar-refractivity contribution in [3.8, 4) is 11.5 Å². The lowest BCUT2D eigenvalue weighted by Crippen LogP contribution is -2.52. The summed E-state index contributed by atoms with van der Waals surface area (Å²) in [6.07, 6.45) is 0. The summed E-state index contributed by atoms with van der Waals surface area (Å²) in [6, 6.07) is 6.58. The van der Waals surface area contributed by atoms with E-state index in [1.165, 1.54) is 0 Å². The third kappa shape index (κ3) is 5.51. The van der Waals surface area contributed by atoms with Crippen molar-refractivity contribution in [3.63, 3.8) is 0 Å². The Bertz CT molecular complexity index is 594. The highest BCUT2D eigenvalue weighted by atomic mass is 16.5. The molecule has 2 atom stereocenters. The van der Waals surface area contributed by atoms with Crippen LogP contribution in [0.1, 0.15) is 20.8 Å². The average Bonchev–Trinajstić information content (AvgIpc) is 2.65. The molecule has 0 bridgehead atoms. The molecule has 1 aromatic rings. The molecule has 0 saturated carbocycles. The molecule has 0 radical (unpaired) electrons. The quantitative estimate of drug-likeness (QED) is 0.571. The number of rotatable bonds is 7. The van der Waals surface area contributed by atoms with Crippen molar-refractivity contribution in [2.45, 2.75) is 32.9 Å². The zero-order chi connectivity index (χ0) is 18.9. The van der Waals surface area contributed by atoms with Crippen LogP contribution in [-0.4, -0.2) is 70.0 Å². The molecule has 7 heteroatoms. The number of morpholine rings is 1. The molecule has 1 aliphatic rings. The van der Waals surface area contributed by atoms with Crippen LogP contribution in [0.2, 0.25) is 0 Å². The smallest absolute Gasteiger partial charge is 0.195 e. The molecule has 0 amide bonds. The van der Waals surface area contributed by atoms with E-state index in [4.69, 9.17) is 14.2 Å². The summed E-state index contributed by atoms with van der Waals surface area (Å²) < 4.78 is 16.5. The van der Waals surface area contributed by atoms with Crippen molar-refractivity contribution < 1.29 is 14.2 Å². The van der Waals surface area contributed by atoms with E-state index < -0.39 is 0 Å². The molecule has 2 unspecified atom stereocenters. The van der Waals surface area contributed by atoms with Gasteiger partial charge >= 0.3 is 0 Å². The van der Waals surface area contributed by atoms with Crippen LogP contribution < -0.4 is 20.1 Å². The van der Waals surface area contributed by atoms with Crippen LogP contribution in [0.15, 0.2) is 23.2 Å². The fourth-order valence-corrected chi connectivity index (χ4v) is 3.10. The highest BCUT2D eigenvalue weighted by Gasteiger charge is 2.23. The first-order valence-electron chi connectivity index (χ1n) is 9.21. The lowest BCUT2D eigenvalue weighted by Gasteiger charge is -2.38. The molecule has 26 heavy (non-hydrogen) atoms. The molecule has 1 aromatic carbocycles. The average molecular weight is 364 g/mol. The van der Waals surface area contributed by atoms with Crippen LogP contribution in [0.25, 0.3) is 0 Å². The fraction of sp³-hybridized carbons (Fsp3) is 0.632. The first-order valence-corrected chi connectivity index (χ1v) is 9.21. The number of ether oxygens (including phenoxy) is 3. The lowest BCUT2D eigenvalue weighted by molar-refractivity contribution is -0.0173. The number of hydrogen-bond acceptors (Lipinski definition) is 5. The van der Waals surface area contributed by atoms with Crippen molar-refractivity contribution in [1.82, 2.24) is 10.2 Å². The van der Waals surface area contributed by atoms with Gasteiger partial charge < -0.3 is 24.8 Å². The first kappa shape index (κ1) is 20.3. The Morgan fingerprint density at radius 2 is 2.23 bits per heavy atom. The molecule has 1 fully saturated rings. The summed E-state index contributed by atoms with van der Waals surface area (Å²) in [7, 11) is 3.41. The van der Waals surface area contributed by atoms with Gasteiger partial charge in [-0.05, 0) is 32.9 Å². The SMILES string of the molecule is CCOc1cc(NC(=NC)NCC(C)N2CCOCC2C)ccc1OC. The number of aliphatic imine (C=N–C) groups is 1. The van der Waals surface area contributed by atoms with Crippen molar-refractivity contribution in [2.75, 3.05) is 52.4 Å². The van der Waals surface area contributed by atoms with Gasteiger partial charge in [0.25, 0.3) is 0 Å². The number of methoxy groups -OCH3 is 1. The van der Waals surface area contributed by atoms with Crippen molar-refractivity contribution in [3.05, 3.63) is 18.2 Å². The standard InChI is InChI=1S/C19H32N4O3/c1-6-26-18-11-16(7-8-17(18)24-5)22-19(20-4)21-12-14(2)23-9-10-25-13-15(23)3/h7-8,11,14-15H,6,9-10,12-13H2,1-5H3,(H2,20,21,22). The minimum absolute atomic E-state index is 0.391. The topological polar surface area (TPSA) is 67.4 Å². The van der Waals surface area contributed by atoms with Gasteiger partial charge in [0.05, 0.1) is 26.9 Å². The van der Waals surface area contributed by atoms with Crippen molar-refractivity contribution in [2.24, 2.45) is 4.99 Å². The van der Waals surface area contributed by atoms with E-state index in [1.807, 2.05) is 25.1 Å². The van der Waals surface area contributed by atoms with E-state index in [0.717, 1.165) is 43.7 Å². The van der Waals surface area contributed by atoms with Crippen LogP contribution in [0.4, 0.5) is 5.69 Å². The molecule has 1 saturated heterocycles. The number of hydrogen-bond donors (Lipinski definition) is 2. The lowest BCUT2D eigenvalue weighted by atomic mass is 10.2. The van der Waals surface area contributed by atoms with Crippen LogP contribution in [-0.2, 0) is 4.74 Å². The highest BCUT2D eigenvalue weighted by Crippen LogP contribution is 2.30. The summed E-state index contributed by atoms with van der Waals surface area (Å²) in [5.41, 5.74) is 0.898. The maximum absolute atomic E-state index is 5.63. The molecule has 146 valence electrons. The normalized spacial score (nSPS) is 19.7. The van der Waals surface area contributed by atoms with Gasteiger partial charge in [0, 0.05) is 44.0 Å². The predicted octanol–water partition coefficient (Wildman–Crippen LogP) is 2.19. The van der Waals surface area contributed by atoms with Crippen LogP contribution in [0.3, 0.4) is 0 Å². The number of guanidine groups is 1. The molecular formula is C19H32N4O3. The van der Waals surface area contributed by atoms with Gasteiger partial charge in [-0.2, -0.15) is 0 Å². The summed E-state index contributed by atoms with van der Waals surface area (Å²) in [6.45, 7) is 10.3. The van der Waals surface area contributed by atoms with E-state index in [-0.39, 0.29) is 0 Å². The first-order chi connectivity index (χ1) is 12.6. The van der Waals surface area contributed by atoms with E-state index in [1.54, 1.807) is 14.2 Å². The van der Waals surface area contributed by atoms with Gasteiger partial charge in [-0.3, -0.25) is 9.89 Å². The van der Waals surface area contributed by atoms with Gasteiger partial charge in [-0.1, -0.05) is 0 Å². The van der Waals surface area contributed by atoms with E-state index in [0.29, 0.717) is 24.4 Å². The van der Waals surface area contributed by atoms with E-state index in [9.17, 15) is 0 Å².